The number of hydrogen-bond donors (Lipinski definition) is 2. The van der Waals surface area contributed by atoms with Crippen molar-refractivity contribution >= 4 is 11.7 Å². The van der Waals surface area contributed by atoms with E-state index in [0.29, 0.717) is 17.9 Å². The van der Waals surface area contributed by atoms with Crippen LogP contribution in [0, 0.1) is 11.3 Å². The number of benzene rings is 1. The molecule has 0 aliphatic heterocycles. The number of carbonyl (C=O) groups excluding carboxylic acids is 1. The number of nitrogens with one attached hydrogen (secondary N) is 2. The maximum absolute atomic E-state index is 13.4. The highest BCUT2D eigenvalue weighted by atomic mass is 19.1. The molecule has 1 amide bonds. The Morgan fingerprint density at radius 3 is 2.39 bits per heavy atom. The number of carbonyl (C=O) groups is 1. The third-order valence-corrected chi connectivity index (χ3v) is 5.87. The number of aryl methyl sites for hydroxylation is 1. The van der Waals surface area contributed by atoms with Gasteiger partial charge in [0.05, 0.1) is 24.0 Å². The van der Waals surface area contributed by atoms with E-state index in [4.69, 9.17) is 5.26 Å². The molecule has 0 radical (unpaired) electrons. The second-order valence-electron chi connectivity index (χ2n) is 8.63. The summed E-state index contributed by atoms with van der Waals surface area (Å²) >= 11 is 0. The molecule has 4 rings (SSSR count). The van der Waals surface area contributed by atoms with Crippen LogP contribution >= 0.6 is 0 Å². The highest BCUT2D eigenvalue weighted by molar-refractivity contribution is 5.94. The molecule has 0 aliphatic carbocycles. The van der Waals surface area contributed by atoms with Crippen molar-refractivity contribution in [2.45, 2.75) is 32.1 Å². The summed E-state index contributed by atoms with van der Waals surface area (Å²) in [6.45, 7) is 3.99. The first kappa shape index (κ1) is 24.8. The van der Waals surface area contributed by atoms with Crippen molar-refractivity contribution in [2.75, 3.05) is 11.9 Å². The van der Waals surface area contributed by atoms with Gasteiger partial charge in [0.1, 0.15) is 11.9 Å². The fraction of sp³-hybridized carbons (Fsp3) is 0.269. The van der Waals surface area contributed by atoms with Gasteiger partial charge in [-0.2, -0.15) is 15.5 Å². The van der Waals surface area contributed by atoms with E-state index in [0.717, 1.165) is 22.3 Å². The van der Waals surface area contributed by atoms with E-state index in [1.54, 1.807) is 67.0 Å². The van der Waals surface area contributed by atoms with Gasteiger partial charge in [0, 0.05) is 48.9 Å². The lowest BCUT2D eigenvalue weighted by atomic mass is 9.99. The minimum Gasteiger partial charge on any atom is -0.309 e. The van der Waals surface area contributed by atoms with Crippen LogP contribution in [0.25, 0.3) is 11.1 Å². The Balaban J connectivity index is 1.45. The maximum atomic E-state index is 13.4. The Morgan fingerprint density at radius 1 is 1.03 bits per heavy atom. The number of halogens is 1. The van der Waals surface area contributed by atoms with E-state index in [1.807, 2.05) is 12.1 Å². The lowest BCUT2D eigenvalue weighted by Gasteiger charge is -2.20. The first-order valence-corrected chi connectivity index (χ1v) is 11.5. The van der Waals surface area contributed by atoms with Gasteiger partial charge >= 0.3 is 0 Å². The highest BCUT2D eigenvalue weighted by Gasteiger charge is 2.23. The van der Waals surface area contributed by atoms with E-state index in [1.165, 1.54) is 11.6 Å². The van der Waals surface area contributed by atoms with Crippen LogP contribution in [0.3, 0.4) is 0 Å². The summed E-state index contributed by atoms with van der Waals surface area (Å²) in [5.41, 5.74) is 3.89. The normalized spacial score (nSPS) is 13.5. The predicted molar refractivity (Wildman–Crippen MR) is 133 cm³/mol. The van der Waals surface area contributed by atoms with Gasteiger partial charge in [0.15, 0.2) is 6.30 Å². The summed E-state index contributed by atoms with van der Waals surface area (Å²) in [7, 11) is 1.80. The standard InChI is InChI=1S/C26H27FN8O/c1-17(20-6-4-19(10-28)5-7-20)11-30-25(23-14-31-34(3)15-23)26(36)33-24-9-8-21(12-29-24)22-13-32-35(16-22)18(2)27/h4-9,12-18,25,30H,11H2,1-3H3,(H,29,33,36). The van der Waals surface area contributed by atoms with E-state index in [-0.39, 0.29) is 11.8 Å². The van der Waals surface area contributed by atoms with Crippen molar-refractivity contribution in [1.82, 2.24) is 29.9 Å². The zero-order valence-electron chi connectivity index (χ0n) is 20.3. The second-order valence-corrected chi connectivity index (χ2v) is 8.63. The highest BCUT2D eigenvalue weighted by Crippen LogP contribution is 2.22. The average Bonchev–Trinajstić information content (AvgIpc) is 3.54. The number of hydrogen-bond acceptors (Lipinski definition) is 6. The first-order valence-electron chi connectivity index (χ1n) is 11.5. The summed E-state index contributed by atoms with van der Waals surface area (Å²) < 4.78 is 16.3. The number of rotatable bonds is 9. The molecule has 184 valence electrons. The minimum absolute atomic E-state index is 0.107. The molecule has 3 unspecified atom stereocenters. The van der Waals surface area contributed by atoms with Crippen LogP contribution in [0.4, 0.5) is 10.2 Å². The van der Waals surface area contributed by atoms with Gasteiger partial charge in [-0.1, -0.05) is 19.1 Å². The van der Waals surface area contributed by atoms with Crippen molar-refractivity contribution in [2.24, 2.45) is 7.05 Å². The van der Waals surface area contributed by atoms with Gasteiger partial charge in [-0.25, -0.2) is 14.1 Å². The van der Waals surface area contributed by atoms with Crippen LogP contribution in [-0.4, -0.2) is 37.0 Å². The number of aromatic nitrogens is 5. The van der Waals surface area contributed by atoms with Crippen molar-refractivity contribution in [1.29, 1.82) is 5.26 Å². The summed E-state index contributed by atoms with van der Waals surface area (Å²) in [6.07, 6.45) is 7.02. The molecule has 0 bridgehead atoms. The molecule has 4 aromatic rings. The third-order valence-electron chi connectivity index (χ3n) is 5.87. The molecule has 0 spiro atoms. The molecule has 0 saturated heterocycles. The quantitative estimate of drug-likeness (QED) is 0.368. The largest absolute Gasteiger partial charge is 0.309 e. The fourth-order valence-electron chi connectivity index (χ4n) is 3.77. The molecule has 3 aromatic heterocycles. The van der Waals surface area contributed by atoms with Gasteiger partial charge in [0.25, 0.3) is 0 Å². The van der Waals surface area contributed by atoms with Crippen molar-refractivity contribution in [3.05, 3.63) is 84.1 Å². The van der Waals surface area contributed by atoms with E-state index in [9.17, 15) is 9.18 Å². The van der Waals surface area contributed by atoms with Crippen LogP contribution in [0.1, 0.15) is 48.8 Å². The predicted octanol–water partition coefficient (Wildman–Crippen LogP) is 4.11. The zero-order chi connectivity index (χ0) is 25.7. The van der Waals surface area contributed by atoms with Crippen molar-refractivity contribution in [3.8, 4) is 17.2 Å². The zero-order valence-corrected chi connectivity index (χ0v) is 20.3. The van der Waals surface area contributed by atoms with E-state index in [2.05, 4.69) is 38.8 Å². The summed E-state index contributed by atoms with van der Waals surface area (Å²) in [6, 6.07) is 12.4. The molecule has 3 atom stereocenters. The average molecular weight is 487 g/mol. The monoisotopic (exact) mass is 486 g/mol. The van der Waals surface area contributed by atoms with Gasteiger partial charge < -0.3 is 10.6 Å². The molecule has 36 heavy (non-hydrogen) atoms. The maximum Gasteiger partial charge on any atom is 0.247 e. The fourth-order valence-corrected chi connectivity index (χ4v) is 3.77. The number of alkyl halides is 1. The van der Waals surface area contributed by atoms with Crippen LogP contribution in [0.5, 0.6) is 0 Å². The summed E-state index contributed by atoms with van der Waals surface area (Å²) in [5.74, 6) is 0.232. The second kappa shape index (κ2) is 10.9. The van der Waals surface area contributed by atoms with Crippen LogP contribution < -0.4 is 10.6 Å². The molecular formula is C26H27FN8O. The molecule has 10 heteroatoms. The molecule has 2 N–H and O–H groups in total. The Morgan fingerprint density at radius 2 is 1.81 bits per heavy atom. The lowest BCUT2D eigenvalue weighted by Crippen LogP contribution is -2.35. The third kappa shape index (κ3) is 5.82. The van der Waals surface area contributed by atoms with E-state index >= 15 is 0 Å². The molecule has 3 heterocycles. The molecule has 9 nitrogen and oxygen atoms in total. The topological polar surface area (TPSA) is 113 Å². The van der Waals surface area contributed by atoms with Crippen LogP contribution in [-0.2, 0) is 11.8 Å². The smallest absolute Gasteiger partial charge is 0.247 e. The number of pyridine rings is 1. The van der Waals surface area contributed by atoms with Crippen molar-refractivity contribution < 1.29 is 9.18 Å². The summed E-state index contributed by atoms with van der Waals surface area (Å²) in [4.78, 5) is 17.6. The molecule has 1 aromatic carbocycles. The first-order chi connectivity index (χ1) is 17.3. The van der Waals surface area contributed by atoms with Gasteiger partial charge in [-0.05, 0) is 42.7 Å². The Hall–Kier alpha value is -4.36. The Kier molecular flexibility index (Phi) is 7.51. The van der Waals surface area contributed by atoms with Gasteiger partial charge in [-0.15, -0.1) is 0 Å². The molecule has 0 aliphatic rings. The lowest BCUT2D eigenvalue weighted by molar-refractivity contribution is -0.118. The molecular weight excluding hydrogens is 459 g/mol. The van der Waals surface area contributed by atoms with Gasteiger partial charge in [0.2, 0.25) is 5.91 Å². The minimum atomic E-state index is -1.22. The summed E-state index contributed by atoms with van der Waals surface area (Å²) in [5, 5.41) is 23.4. The Labute approximate surface area is 208 Å². The van der Waals surface area contributed by atoms with E-state index < -0.39 is 12.3 Å². The van der Waals surface area contributed by atoms with Crippen molar-refractivity contribution in [3.63, 3.8) is 0 Å². The number of nitriles is 1. The molecule has 0 saturated carbocycles. The van der Waals surface area contributed by atoms with Gasteiger partial charge in [-0.3, -0.25) is 9.48 Å². The number of anilines is 1. The number of nitrogens with zero attached hydrogens (tertiary/aromatic N) is 6. The Bertz CT molecular complexity index is 1350. The van der Waals surface area contributed by atoms with Crippen LogP contribution in [0.15, 0.2) is 67.4 Å². The van der Waals surface area contributed by atoms with Crippen LogP contribution in [0.2, 0.25) is 0 Å². The molecule has 0 fully saturated rings. The SMILES string of the molecule is CC(CNC(C(=O)Nc1ccc(-c2cnn(C(C)F)c2)cn1)c1cnn(C)c1)c1ccc(C#N)cc1. The number of amides is 1.